The van der Waals surface area contributed by atoms with Gasteiger partial charge in [0.05, 0.1) is 18.8 Å². The average Bonchev–Trinajstić information content (AvgIpc) is 3.01. The molecule has 0 saturated carbocycles. The number of nitrogens with one attached hydrogen (secondary N) is 1. The number of aromatic nitrogens is 1. The number of amides is 3. The summed E-state index contributed by atoms with van der Waals surface area (Å²) < 4.78 is 4.99. The lowest BCUT2D eigenvalue weighted by Gasteiger charge is -2.37. The number of imide groups is 1. The smallest absolute Gasteiger partial charge is 0.339 e. The lowest BCUT2D eigenvalue weighted by Crippen LogP contribution is -2.55. The molecule has 168 valence electrons. The van der Waals surface area contributed by atoms with E-state index in [9.17, 15) is 14.4 Å². The predicted octanol–water partition coefficient (Wildman–Crippen LogP) is 0.354. The Morgan fingerprint density at radius 2 is 1.84 bits per heavy atom. The number of anilines is 1. The van der Waals surface area contributed by atoms with Crippen molar-refractivity contribution < 1.29 is 19.1 Å². The number of likely N-dealkylation sites (tertiary alicyclic amines) is 1. The maximum absolute atomic E-state index is 13.0. The van der Waals surface area contributed by atoms with E-state index < -0.39 is 5.54 Å². The molecule has 0 bridgehead atoms. The Morgan fingerprint density at radius 3 is 2.45 bits per heavy atom. The molecule has 4 heterocycles. The third-order valence-corrected chi connectivity index (χ3v) is 6.38. The number of nitrogens with zero attached hydrogens (tertiary/aromatic N) is 5. The van der Waals surface area contributed by atoms with Crippen LogP contribution in [-0.2, 0) is 9.53 Å². The van der Waals surface area contributed by atoms with Gasteiger partial charge in [0.15, 0.2) is 0 Å². The fraction of sp³-hybridized carbons (Fsp3) is 0.619. The first kappa shape index (κ1) is 21.5. The number of ether oxygens (including phenoxy) is 1. The van der Waals surface area contributed by atoms with E-state index in [-0.39, 0.29) is 17.9 Å². The van der Waals surface area contributed by atoms with Gasteiger partial charge in [-0.05, 0) is 38.9 Å². The Kier molecular flexibility index (Phi) is 6.10. The average molecular weight is 431 g/mol. The zero-order valence-corrected chi connectivity index (χ0v) is 18.2. The molecule has 3 fully saturated rings. The van der Waals surface area contributed by atoms with Crippen molar-refractivity contribution in [2.24, 2.45) is 0 Å². The molecule has 1 aromatic rings. The molecule has 0 atom stereocenters. The zero-order valence-electron chi connectivity index (χ0n) is 18.2. The van der Waals surface area contributed by atoms with Gasteiger partial charge in [-0.2, -0.15) is 0 Å². The van der Waals surface area contributed by atoms with E-state index in [2.05, 4.69) is 25.0 Å². The van der Waals surface area contributed by atoms with Crippen molar-refractivity contribution in [1.82, 2.24) is 25.0 Å². The molecule has 0 unspecified atom stereocenters. The molecule has 4 rings (SSSR count). The monoisotopic (exact) mass is 430 g/mol. The Morgan fingerprint density at radius 1 is 1.13 bits per heavy atom. The van der Waals surface area contributed by atoms with Crippen LogP contribution < -0.4 is 10.2 Å². The van der Waals surface area contributed by atoms with E-state index in [1.165, 1.54) is 11.1 Å². The third kappa shape index (κ3) is 4.35. The van der Waals surface area contributed by atoms with Crippen molar-refractivity contribution in [2.45, 2.75) is 25.3 Å². The van der Waals surface area contributed by atoms with Crippen LogP contribution in [0, 0.1) is 0 Å². The molecule has 1 N–H and O–H groups in total. The first-order valence-electron chi connectivity index (χ1n) is 10.8. The summed E-state index contributed by atoms with van der Waals surface area (Å²) in [7, 11) is 2.03. The van der Waals surface area contributed by atoms with Gasteiger partial charge in [0.1, 0.15) is 11.4 Å². The Bertz CT molecular complexity index is 829. The van der Waals surface area contributed by atoms with Crippen LogP contribution in [0.1, 0.15) is 30.1 Å². The quantitative estimate of drug-likeness (QED) is 0.528. The fourth-order valence-corrected chi connectivity index (χ4v) is 4.37. The summed E-state index contributed by atoms with van der Waals surface area (Å²) in [5, 5.41) is 2.96. The van der Waals surface area contributed by atoms with Crippen LogP contribution in [0.25, 0.3) is 0 Å². The van der Waals surface area contributed by atoms with Crippen molar-refractivity contribution in [3.8, 4) is 0 Å². The summed E-state index contributed by atoms with van der Waals surface area (Å²) in [5.74, 6) is 0.333. The minimum Gasteiger partial charge on any atom is -0.462 e. The number of pyridine rings is 1. The lowest BCUT2D eigenvalue weighted by atomic mass is 9.88. The molecule has 3 aliphatic rings. The highest BCUT2D eigenvalue weighted by Crippen LogP contribution is 2.29. The van der Waals surface area contributed by atoms with Gasteiger partial charge < -0.3 is 19.9 Å². The molecule has 1 aromatic heterocycles. The fourth-order valence-electron chi connectivity index (χ4n) is 4.37. The van der Waals surface area contributed by atoms with Crippen LogP contribution in [0.3, 0.4) is 0 Å². The minimum atomic E-state index is -0.726. The molecule has 3 aliphatic heterocycles. The van der Waals surface area contributed by atoms with Gasteiger partial charge in [0.2, 0.25) is 0 Å². The number of rotatable bonds is 5. The molecule has 0 aromatic carbocycles. The van der Waals surface area contributed by atoms with Gasteiger partial charge in [0, 0.05) is 45.5 Å². The molecular formula is C21H30N6O4. The van der Waals surface area contributed by atoms with Gasteiger partial charge in [-0.15, -0.1) is 0 Å². The molecule has 31 heavy (non-hydrogen) atoms. The van der Waals surface area contributed by atoms with Crippen LogP contribution >= 0.6 is 0 Å². The highest BCUT2D eigenvalue weighted by Gasteiger charge is 2.52. The third-order valence-electron chi connectivity index (χ3n) is 6.38. The highest BCUT2D eigenvalue weighted by atomic mass is 16.5. The summed E-state index contributed by atoms with van der Waals surface area (Å²) in [5.41, 5.74) is -0.290. The molecular weight excluding hydrogens is 400 g/mol. The van der Waals surface area contributed by atoms with Crippen molar-refractivity contribution in [2.75, 3.05) is 64.5 Å². The zero-order chi connectivity index (χ0) is 22.0. The second-order valence-electron chi connectivity index (χ2n) is 8.42. The van der Waals surface area contributed by atoms with Crippen LogP contribution in [0.2, 0.25) is 0 Å². The second-order valence-corrected chi connectivity index (χ2v) is 8.42. The Hall–Kier alpha value is -2.72. The SMILES string of the molecule is CCOC(=O)c1ccc(N2CCN(CN3C(=O)NC4(CCN(C)CC4)C3=O)CC2)nc1. The minimum absolute atomic E-state index is 0.0933. The van der Waals surface area contributed by atoms with Gasteiger partial charge in [-0.1, -0.05) is 0 Å². The van der Waals surface area contributed by atoms with Crippen molar-refractivity contribution >= 4 is 23.7 Å². The van der Waals surface area contributed by atoms with Crippen molar-refractivity contribution in [1.29, 1.82) is 0 Å². The van der Waals surface area contributed by atoms with E-state index in [4.69, 9.17) is 4.74 Å². The van der Waals surface area contributed by atoms with Gasteiger partial charge >= 0.3 is 12.0 Å². The Labute approximate surface area is 182 Å². The van der Waals surface area contributed by atoms with Crippen LogP contribution in [0.4, 0.5) is 10.6 Å². The second kappa shape index (κ2) is 8.80. The summed E-state index contributed by atoms with van der Waals surface area (Å²) in [6.45, 7) is 6.91. The van der Waals surface area contributed by atoms with Crippen LogP contribution in [0.5, 0.6) is 0 Å². The molecule has 1 spiro atoms. The normalized spacial score (nSPS) is 22.1. The van der Waals surface area contributed by atoms with E-state index >= 15 is 0 Å². The maximum atomic E-state index is 13.0. The van der Waals surface area contributed by atoms with E-state index in [0.717, 1.165) is 32.0 Å². The number of piperidine rings is 1. The first-order chi connectivity index (χ1) is 14.9. The first-order valence-corrected chi connectivity index (χ1v) is 10.8. The number of esters is 1. The largest absolute Gasteiger partial charge is 0.462 e. The van der Waals surface area contributed by atoms with Crippen molar-refractivity contribution in [3.05, 3.63) is 23.9 Å². The summed E-state index contributed by atoms with van der Waals surface area (Å²) in [4.78, 5) is 49.5. The molecule has 10 nitrogen and oxygen atoms in total. The topological polar surface area (TPSA) is 98.3 Å². The summed E-state index contributed by atoms with van der Waals surface area (Å²) in [6, 6.07) is 3.26. The number of piperazine rings is 1. The van der Waals surface area contributed by atoms with Gasteiger partial charge in [-0.3, -0.25) is 9.69 Å². The van der Waals surface area contributed by atoms with Gasteiger partial charge in [0.25, 0.3) is 5.91 Å². The maximum Gasteiger partial charge on any atom is 0.339 e. The molecule has 3 amide bonds. The van der Waals surface area contributed by atoms with Crippen LogP contribution in [0.15, 0.2) is 18.3 Å². The molecule has 0 aliphatic carbocycles. The van der Waals surface area contributed by atoms with Gasteiger partial charge in [-0.25, -0.2) is 19.5 Å². The lowest BCUT2D eigenvalue weighted by molar-refractivity contribution is -0.134. The van der Waals surface area contributed by atoms with Crippen LogP contribution in [-0.4, -0.2) is 103 Å². The van der Waals surface area contributed by atoms with E-state index in [0.29, 0.717) is 44.8 Å². The number of hydrogen-bond donors (Lipinski definition) is 1. The summed E-state index contributed by atoms with van der Waals surface area (Å²) in [6.07, 6.45) is 2.85. The molecule has 10 heteroatoms. The highest BCUT2D eigenvalue weighted by molar-refractivity contribution is 6.07. The van der Waals surface area contributed by atoms with E-state index in [1.807, 2.05) is 13.1 Å². The molecule has 3 saturated heterocycles. The Balaban J connectivity index is 1.31. The number of hydrogen-bond acceptors (Lipinski definition) is 8. The van der Waals surface area contributed by atoms with E-state index in [1.54, 1.807) is 13.0 Å². The standard InChI is InChI=1S/C21H30N6O4/c1-3-31-18(28)16-4-5-17(22-14-16)26-12-10-25(11-13-26)15-27-19(29)21(23-20(27)30)6-8-24(2)9-7-21/h4-5,14H,3,6-13,15H2,1-2H3,(H,23,30). The molecule has 0 radical (unpaired) electrons. The number of carbonyl (C=O) groups is 3. The predicted molar refractivity (Wildman–Crippen MR) is 114 cm³/mol. The van der Waals surface area contributed by atoms with Crippen molar-refractivity contribution in [3.63, 3.8) is 0 Å². The number of carbonyl (C=O) groups excluding carboxylic acids is 3. The summed E-state index contributed by atoms with van der Waals surface area (Å²) >= 11 is 0. The number of urea groups is 1.